The van der Waals surface area contributed by atoms with Gasteiger partial charge in [0.25, 0.3) is 11.8 Å². The molecule has 1 aromatic carbocycles. The molecule has 2 aromatic rings. The number of carbonyl (C=O) groups is 2. The van der Waals surface area contributed by atoms with Gasteiger partial charge in [-0.15, -0.1) is 0 Å². The van der Waals surface area contributed by atoms with Crippen molar-refractivity contribution in [3.8, 4) is 5.75 Å². The van der Waals surface area contributed by atoms with Crippen LogP contribution in [0.4, 0.5) is 5.69 Å². The van der Waals surface area contributed by atoms with Gasteiger partial charge in [0.2, 0.25) is 0 Å². The Hall–Kier alpha value is -2.10. The van der Waals surface area contributed by atoms with E-state index in [0.717, 1.165) is 3.57 Å². The highest BCUT2D eigenvalue weighted by Gasteiger charge is 2.17. The Balaban J connectivity index is 1.97. The van der Waals surface area contributed by atoms with Crippen LogP contribution in [-0.4, -0.2) is 28.6 Å². The predicted octanol–water partition coefficient (Wildman–Crippen LogP) is 1.44. The van der Waals surface area contributed by atoms with Crippen LogP contribution in [0.1, 0.15) is 16.2 Å². The maximum Gasteiger partial charge on any atom is 0.271 e. The lowest BCUT2D eigenvalue weighted by Gasteiger charge is -2.07. The number of nitrogens with two attached hydrogens (primary N) is 1. The number of H-pyrrole nitrogens is 1. The smallest absolute Gasteiger partial charge is 0.271 e. The summed E-state index contributed by atoms with van der Waals surface area (Å²) >= 11 is 2.18. The maximum atomic E-state index is 11.8. The molecule has 4 N–H and O–H groups in total. The fourth-order valence-corrected chi connectivity index (χ4v) is 1.98. The third-order valence-electron chi connectivity index (χ3n) is 2.63. The van der Waals surface area contributed by atoms with Crippen molar-refractivity contribution in [2.24, 2.45) is 5.73 Å². The van der Waals surface area contributed by atoms with E-state index in [-0.39, 0.29) is 18.0 Å². The molecule has 2 amide bonds. The van der Waals surface area contributed by atoms with Gasteiger partial charge in [0.15, 0.2) is 12.3 Å². The zero-order valence-corrected chi connectivity index (χ0v) is 13.3. The first-order valence-corrected chi connectivity index (χ1v) is 7.08. The van der Waals surface area contributed by atoms with E-state index in [1.54, 1.807) is 19.1 Å². The topological polar surface area (TPSA) is 110 Å². The Labute approximate surface area is 134 Å². The summed E-state index contributed by atoms with van der Waals surface area (Å²) in [5, 5.41) is 8.90. The van der Waals surface area contributed by atoms with E-state index in [0.29, 0.717) is 11.4 Å². The molecule has 2 rings (SSSR count). The Bertz CT molecular complexity index is 667. The lowest BCUT2D eigenvalue weighted by molar-refractivity contribution is -0.118. The number of rotatable bonds is 5. The molecule has 0 aliphatic carbocycles. The Morgan fingerprint density at radius 2 is 2.05 bits per heavy atom. The predicted molar refractivity (Wildman–Crippen MR) is 85.1 cm³/mol. The molecule has 7 nitrogen and oxygen atoms in total. The first kappa shape index (κ1) is 15.3. The van der Waals surface area contributed by atoms with Crippen molar-refractivity contribution < 1.29 is 14.3 Å². The monoisotopic (exact) mass is 400 g/mol. The van der Waals surface area contributed by atoms with Crippen molar-refractivity contribution in [2.45, 2.75) is 6.92 Å². The number of nitrogens with one attached hydrogen (secondary N) is 2. The van der Waals surface area contributed by atoms with Gasteiger partial charge in [-0.05, 0) is 53.8 Å². The quantitative estimate of drug-likeness (QED) is 0.660. The van der Waals surface area contributed by atoms with Gasteiger partial charge in [-0.2, -0.15) is 5.10 Å². The highest BCUT2D eigenvalue weighted by Crippen LogP contribution is 2.17. The number of hydrogen-bond donors (Lipinski definition) is 3. The minimum atomic E-state index is -0.715. The number of aryl methyl sites for hydroxylation is 1. The largest absolute Gasteiger partial charge is 0.484 e. The molecule has 0 radical (unpaired) electrons. The van der Waals surface area contributed by atoms with Gasteiger partial charge < -0.3 is 15.8 Å². The van der Waals surface area contributed by atoms with Crippen LogP contribution in [0.5, 0.6) is 5.75 Å². The fraction of sp³-hybridized carbons (Fsp3) is 0.154. The number of benzene rings is 1. The molecule has 0 saturated heterocycles. The number of hydrogen-bond acceptors (Lipinski definition) is 4. The summed E-state index contributed by atoms with van der Waals surface area (Å²) in [6.45, 7) is 1.50. The molecule has 0 unspecified atom stereocenters. The van der Waals surface area contributed by atoms with E-state index in [1.165, 1.54) is 0 Å². The van der Waals surface area contributed by atoms with Crippen LogP contribution in [0.15, 0.2) is 24.3 Å². The molecular formula is C13H13IN4O3. The van der Waals surface area contributed by atoms with E-state index in [2.05, 4.69) is 38.1 Å². The van der Waals surface area contributed by atoms with Crippen LogP contribution in [0.2, 0.25) is 0 Å². The van der Waals surface area contributed by atoms with Crippen molar-refractivity contribution in [3.05, 3.63) is 39.2 Å². The van der Waals surface area contributed by atoms with Crippen LogP contribution < -0.4 is 15.8 Å². The molecule has 21 heavy (non-hydrogen) atoms. The zero-order chi connectivity index (χ0) is 15.4. The number of ether oxygens (including phenoxy) is 1. The van der Waals surface area contributed by atoms with E-state index in [1.807, 2.05) is 12.1 Å². The second-order valence-corrected chi connectivity index (χ2v) is 5.47. The molecular weight excluding hydrogens is 387 g/mol. The van der Waals surface area contributed by atoms with Gasteiger partial charge in [0.1, 0.15) is 5.75 Å². The minimum Gasteiger partial charge on any atom is -0.484 e. The second-order valence-electron chi connectivity index (χ2n) is 4.23. The molecule has 0 bridgehead atoms. The van der Waals surface area contributed by atoms with Crippen molar-refractivity contribution in [2.75, 3.05) is 11.9 Å². The number of nitrogens with zero attached hydrogens (tertiary/aromatic N) is 1. The third-order valence-corrected chi connectivity index (χ3v) is 3.35. The van der Waals surface area contributed by atoms with Gasteiger partial charge in [0, 0.05) is 3.57 Å². The first-order chi connectivity index (χ1) is 9.97. The van der Waals surface area contributed by atoms with Gasteiger partial charge in [-0.1, -0.05) is 0 Å². The first-order valence-electron chi connectivity index (χ1n) is 6.00. The van der Waals surface area contributed by atoms with Gasteiger partial charge >= 0.3 is 0 Å². The van der Waals surface area contributed by atoms with E-state index in [4.69, 9.17) is 10.5 Å². The van der Waals surface area contributed by atoms with Crippen LogP contribution in [-0.2, 0) is 4.79 Å². The highest BCUT2D eigenvalue weighted by molar-refractivity contribution is 14.1. The summed E-state index contributed by atoms with van der Waals surface area (Å²) in [5.74, 6) is -0.529. The van der Waals surface area contributed by atoms with Crippen LogP contribution in [0, 0.1) is 10.5 Å². The van der Waals surface area contributed by atoms with E-state index < -0.39 is 11.8 Å². The average Bonchev–Trinajstić information content (AvgIpc) is 2.80. The normalized spacial score (nSPS) is 10.2. The summed E-state index contributed by atoms with van der Waals surface area (Å²) in [6, 6.07) is 7.29. The molecule has 0 fully saturated rings. The molecule has 8 heteroatoms. The van der Waals surface area contributed by atoms with Crippen molar-refractivity contribution >= 4 is 40.1 Å². The summed E-state index contributed by atoms with van der Waals surface area (Å²) < 4.78 is 6.42. The third kappa shape index (κ3) is 3.94. The van der Waals surface area contributed by atoms with Crippen molar-refractivity contribution in [1.29, 1.82) is 0 Å². The summed E-state index contributed by atoms with van der Waals surface area (Å²) in [5.41, 5.74) is 6.00. The number of amides is 2. The summed E-state index contributed by atoms with van der Waals surface area (Å²) in [4.78, 5) is 23.0. The van der Waals surface area contributed by atoms with Gasteiger partial charge in [-0.3, -0.25) is 14.7 Å². The number of aromatic nitrogens is 2. The average molecular weight is 400 g/mol. The van der Waals surface area contributed by atoms with Crippen LogP contribution in [0.3, 0.4) is 0 Å². The Morgan fingerprint density at radius 3 is 2.67 bits per heavy atom. The minimum absolute atomic E-state index is 0.00452. The van der Waals surface area contributed by atoms with E-state index >= 15 is 0 Å². The lowest BCUT2D eigenvalue weighted by atomic mass is 10.3. The molecule has 0 saturated carbocycles. The fourth-order valence-electron chi connectivity index (χ4n) is 1.62. The second kappa shape index (κ2) is 6.57. The number of primary amides is 1. The molecule has 1 aromatic heterocycles. The van der Waals surface area contributed by atoms with Crippen LogP contribution >= 0.6 is 22.6 Å². The molecule has 0 aliphatic heterocycles. The molecule has 0 aliphatic rings. The molecule has 0 atom stereocenters. The van der Waals surface area contributed by atoms with Gasteiger partial charge in [-0.25, -0.2) is 0 Å². The molecule has 110 valence electrons. The lowest BCUT2D eigenvalue weighted by Crippen LogP contribution is -2.23. The number of carbonyl (C=O) groups excluding carboxylic acids is 2. The Morgan fingerprint density at radius 1 is 1.38 bits per heavy atom. The standard InChI is InChI=1S/C13H13IN4O3/c1-7-11(12(13(15)20)18-17-7)16-10(19)6-21-9-4-2-8(14)3-5-9/h2-5H,6H2,1H3,(H2,15,20)(H,16,19)(H,17,18). The number of halogens is 1. The van der Waals surface area contributed by atoms with Crippen molar-refractivity contribution in [3.63, 3.8) is 0 Å². The highest BCUT2D eigenvalue weighted by atomic mass is 127. The summed E-state index contributed by atoms with van der Waals surface area (Å²) in [6.07, 6.45) is 0. The Kier molecular flexibility index (Phi) is 4.78. The van der Waals surface area contributed by atoms with Crippen molar-refractivity contribution in [1.82, 2.24) is 10.2 Å². The number of anilines is 1. The molecule has 0 spiro atoms. The van der Waals surface area contributed by atoms with Crippen LogP contribution in [0.25, 0.3) is 0 Å². The SMILES string of the molecule is Cc1[nH]nc(C(N)=O)c1NC(=O)COc1ccc(I)cc1. The zero-order valence-electron chi connectivity index (χ0n) is 11.1. The number of aromatic amines is 1. The maximum absolute atomic E-state index is 11.8. The summed E-state index contributed by atoms with van der Waals surface area (Å²) in [7, 11) is 0. The van der Waals surface area contributed by atoms with E-state index in [9.17, 15) is 9.59 Å². The van der Waals surface area contributed by atoms with Gasteiger partial charge in [0.05, 0.1) is 11.4 Å². The molecule has 1 heterocycles.